The standard InChI is InChI=1S/C12H15N3OS/c13-12(17)14-5-8-4-9(7-14)10-2-1-3-11(16)15(10)6-8/h1-3,8-9H,4-7H2,(H2,13,17). The fourth-order valence-electron chi connectivity index (χ4n) is 3.08. The zero-order valence-electron chi connectivity index (χ0n) is 9.50. The lowest BCUT2D eigenvalue weighted by Crippen LogP contribution is -2.50. The zero-order chi connectivity index (χ0) is 12.0. The summed E-state index contributed by atoms with van der Waals surface area (Å²) in [6, 6.07) is 5.52. The number of likely N-dealkylation sites (tertiary alicyclic amines) is 1. The molecule has 2 bridgehead atoms. The largest absolute Gasteiger partial charge is 0.376 e. The number of hydrogen-bond donors (Lipinski definition) is 1. The van der Waals surface area contributed by atoms with Gasteiger partial charge in [-0.15, -0.1) is 0 Å². The second-order valence-electron chi connectivity index (χ2n) is 4.94. The van der Waals surface area contributed by atoms with Crippen molar-refractivity contribution in [3.05, 3.63) is 34.2 Å². The topological polar surface area (TPSA) is 51.3 Å². The van der Waals surface area contributed by atoms with Crippen LogP contribution in [-0.4, -0.2) is 27.7 Å². The molecule has 2 aliphatic heterocycles. The molecule has 2 atom stereocenters. The van der Waals surface area contributed by atoms with Gasteiger partial charge >= 0.3 is 0 Å². The Hall–Kier alpha value is -1.36. The van der Waals surface area contributed by atoms with Gasteiger partial charge in [0.15, 0.2) is 5.11 Å². The van der Waals surface area contributed by atoms with E-state index in [-0.39, 0.29) is 5.56 Å². The number of aromatic nitrogens is 1. The van der Waals surface area contributed by atoms with Crippen LogP contribution in [0.5, 0.6) is 0 Å². The minimum Gasteiger partial charge on any atom is -0.376 e. The van der Waals surface area contributed by atoms with E-state index in [0.29, 0.717) is 16.9 Å². The van der Waals surface area contributed by atoms with Crippen LogP contribution in [0.15, 0.2) is 23.0 Å². The smallest absolute Gasteiger partial charge is 0.250 e. The summed E-state index contributed by atoms with van der Waals surface area (Å²) in [5.41, 5.74) is 6.96. The van der Waals surface area contributed by atoms with Crippen LogP contribution in [0.4, 0.5) is 0 Å². The van der Waals surface area contributed by atoms with Gasteiger partial charge in [-0.25, -0.2) is 0 Å². The second-order valence-corrected chi connectivity index (χ2v) is 5.36. The first-order valence-electron chi connectivity index (χ1n) is 5.89. The fourth-order valence-corrected chi connectivity index (χ4v) is 3.23. The molecule has 2 unspecified atom stereocenters. The van der Waals surface area contributed by atoms with Crippen LogP contribution in [0.25, 0.3) is 0 Å². The Morgan fingerprint density at radius 3 is 2.94 bits per heavy atom. The third-order valence-corrected chi connectivity index (χ3v) is 4.05. The summed E-state index contributed by atoms with van der Waals surface area (Å²) in [6.45, 7) is 2.52. The zero-order valence-corrected chi connectivity index (χ0v) is 10.3. The Morgan fingerprint density at radius 1 is 1.35 bits per heavy atom. The summed E-state index contributed by atoms with van der Waals surface area (Å²) < 4.78 is 1.91. The van der Waals surface area contributed by atoms with Gasteiger partial charge in [-0.1, -0.05) is 6.07 Å². The Morgan fingerprint density at radius 2 is 2.18 bits per heavy atom. The van der Waals surface area contributed by atoms with Crippen molar-refractivity contribution in [1.82, 2.24) is 9.47 Å². The lowest BCUT2D eigenvalue weighted by atomic mass is 9.83. The number of nitrogens with two attached hydrogens (primary N) is 1. The second kappa shape index (κ2) is 3.84. The van der Waals surface area contributed by atoms with Crippen LogP contribution >= 0.6 is 12.2 Å². The van der Waals surface area contributed by atoms with E-state index in [4.69, 9.17) is 18.0 Å². The van der Waals surface area contributed by atoms with Crippen LogP contribution in [0.3, 0.4) is 0 Å². The first kappa shape index (κ1) is 10.8. The third kappa shape index (κ3) is 1.74. The lowest BCUT2D eigenvalue weighted by Gasteiger charge is -2.43. The van der Waals surface area contributed by atoms with Gasteiger partial charge in [-0.05, 0) is 30.6 Å². The summed E-state index contributed by atoms with van der Waals surface area (Å²) in [7, 11) is 0. The molecule has 0 amide bonds. The van der Waals surface area contributed by atoms with Crippen molar-refractivity contribution < 1.29 is 0 Å². The summed E-state index contributed by atoms with van der Waals surface area (Å²) in [5.74, 6) is 0.876. The molecular formula is C12H15N3OS. The van der Waals surface area contributed by atoms with E-state index in [2.05, 4.69) is 4.90 Å². The van der Waals surface area contributed by atoms with Gasteiger partial charge in [0.1, 0.15) is 0 Å². The van der Waals surface area contributed by atoms with Gasteiger partial charge in [0, 0.05) is 37.3 Å². The van der Waals surface area contributed by atoms with Crippen molar-refractivity contribution in [1.29, 1.82) is 0 Å². The highest BCUT2D eigenvalue weighted by molar-refractivity contribution is 7.80. The molecule has 0 aliphatic carbocycles. The molecular weight excluding hydrogens is 234 g/mol. The summed E-state index contributed by atoms with van der Waals surface area (Å²) in [4.78, 5) is 13.9. The van der Waals surface area contributed by atoms with Gasteiger partial charge in [-0.3, -0.25) is 4.79 Å². The molecule has 0 spiro atoms. The first-order chi connectivity index (χ1) is 8.15. The predicted molar refractivity (Wildman–Crippen MR) is 69.9 cm³/mol. The van der Waals surface area contributed by atoms with Crippen LogP contribution in [0, 0.1) is 5.92 Å². The Bertz CT molecular complexity index is 525. The molecule has 0 radical (unpaired) electrons. The molecule has 3 rings (SSSR count). The highest BCUT2D eigenvalue weighted by Crippen LogP contribution is 2.34. The number of pyridine rings is 1. The molecule has 3 heterocycles. The van der Waals surface area contributed by atoms with Gasteiger partial charge in [0.2, 0.25) is 0 Å². The molecule has 4 nitrogen and oxygen atoms in total. The highest BCUT2D eigenvalue weighted by Gasteiger charge is 2.34. The minimum atomic E-state index is 0.112. The summed E-state index contributed by atoms with van der Waals surface area (Å²) in [5, 5.41) is 0.478. The van der Waals surface area contributed by atoms with Crippen molar-refractivity contribution in [2.24, 2.45) is 11.7 Å². The van der Waals surface area contributed by atoms with Crippen LogP contribution < -0.4 is 11.3 Å². The third-order valence-electron chi connectivity index (χ3n) is 3.79. The molecule has 1 fully saturated rings. The minimum absolute atomic E-state index is 0.112. The molecule has 0 aromatic carbocycles. The van der Waals surface area contributed by atoms with Crippen LogP contribution in [0.2, 0.25) is 0 Å². The van der Waals surface area contributed by atoms with E-state index in [9.17, 15) is 4.79 Å². The van der Waals surface area contributed by atoms with E-state index in [1.807, 2.05) is 16.7 Å². The normalized spacial score (nSPS) is 26.5. The Balaban J connectivity index is 2.01. The number of piperidine rings is 1. The molecule has 0 saturated carbocycles. The number of thiocarbonyl (C=S) groups is 1. The molecule has 17 heavy (non-hydrogen) atoms. The van der Waals surface area contributed by atoms with Crippen molar-refractivity contribution in [2.75, 3.05) is 13.1 Å². The average Bonchev–Trinajstić information content (AvgIpc) is 2.30. The first-order valence-corrected chi connectivity index (χ1v) is 6.30. The SMILES string of the molecule is NC(=S)N1CC2CC(C1)c1cccc(=O)n1C2. The predicted octanol–water partition coefficient (Wildman–Crippen LogP) is 0.511. The van der Waals surface area contributed by atoms with Crippen molar-refractivity contribution in [2.45, 2.75) is 18.9 Å². The molecule has 2 N–H and O–H groups in total. The maximum Gasteiger partial charge on any atom is 0.250 e. The number of rotatable bonds is 0. The highest BCUT2D eigenvalue weighted by atomic mass is 32.1. The van der Waals surface area contributed by atoms with Gasteiger partial charge in [-0.2, -0.15) is 0 Å². The molecule has 2 aliphatic rings. The van der Waals surface area contributed by atoms with E-state index in [1.165, 1.54) is 0 Å². The van der Waals surface area contributed by atoms with E-state index in [1.54, 1.807) is 6.07 Å². The van der Waals surface area contributed by atoms with E-state index < -0.39 is 0 Å². The van der Waals surface area contributed by atoms with Crippen molar-refractivity contribution in [3.8, 4) is 0 Å². The van der Waals surface area contributed by atoms with E-state index >= 15 is 0 Å². The molecule has 90 valence electrons. The van der Waals surface area contributed by atoms with E-state index in [0.717, 1.165) is 31.7 Å². The van der Waals surface area contributed by atoms with Gasteiger partial charge in [0.25, 0.3) is 5.56 Å². The maximum atomic E-state index is 11.8. The Kier molecular flexibility index (Phi) is 2.43. The molecule has 1 saturated heterocycles. The number of nitrogens with zero attached hydrogens (tertiary/aromatic N) is 2. The van der Waals surface area contributed by atoms with Crippen molar-refractivity contribution >= 4 is 17.3 Å². The summed E-state index contributed by atoms with van der Waals surface area (Å²) in [6.07, 6.45) is 1.14. The Labute approximate surface area is 105 Å². The maximum absolute atomic E-state index is 11.8. The van der Waals surface area contributed by atoms with Crippen LogP contribution in [-0.2, 0) is 6.54 Å². The lowest BCUT2D eigenvalue weighted by molar-refractivity contribution is 0.179. The number of fused-ring (bicyclic) bond motifs is 4. The quantitative estimate of drug-likeness (QED) is 0.681. The fraction of sp³-hybridized carbons (Fsp3) is 0.500. The molecule has 1 aromatic heterocycles. The molecule has 5 heteroatoms. The monoisotopic (exact) mass is 249 g/mol. The molecule has 1 aromatic rings. The van der Waals surface area contributed by atoms with Crippen LogP contribution in [0.1, 0.15) is 18.0 Å². The van der Waals surface area contributed by atoms with Crippen molar-refractivity contribution in [3.63, 3.8) is 0 Å². The average molecular weight is 249 g/mol. The number of hydrogen-bond acceptors (Lipinski definition) is 2. The van der Waals surface area contributed by atoms with Gasteiger partial charge < -0.3 is 15.2 Å². The van der Waals surface area contributed by atoms with Gasteiger partial charge in [0.05, 0.1) is 0 Å². The summed E-state index contributed by atoms with van der Waals surface area (Å²) >= 11 is 5.05.